The van der Waals surface area contributed by atoms with E-state index in [0.717, 1.165) is 12.8 Å². The van der Waals surface area contributed by atoms with Crippen molar-refractivity contribution in [3.8, 4) is 0 Å². The molecule has 1 unspecified atom stereocenters. The first-order valence-electron chi connectivity index (χ1n) is 4.33. The maximum absolute atomic E-state index is 9.71. The van der Waals surface area contributed by atoms with Gasteiger partial charge in [0.1, 0.15) is 6.10 Å². The van der Waals surface area contributed by atoms with E-state index in [0.29, 0.717) is 18.2 Å². The molecule has 4 bridgehead atoms. The highest BCUT2D eigenvalue weighted by atomic mass is 16.5. The van der Waals surface area contributed by atoms with Crippen LogP contribution in [0.3, 0.4) is 0 Å². The van der Waals surface area contributed by atoms with E-state index in [9.17, 15) is 5.11 Å². The summed E-state index contributed by atoms with van der Waals surface area (Å²) in [6.07, 6.45) is 2.53. The van der Waals surface area contributed by atoms with Crippen molar-refractivity contribution >= 4 is 0 Å². The van der Waals surface area contributed by atoms with Gasteiger partial charge >= 0.3 is 0 Å². The molecule has 0 radical (unpaired) electrons. The van der Waals surface area contributed by atoms with Crippen LogP contribution < -0.4 is 0 Å². The normalized spacial score (nSPS) is 61.1. The maximum Gasteiger partial charge on any atom is 0.101 e. The number of aliphatic hydroxyl groups excluding tert-OH is 1. The lowest BCUT2D eigenvalue weighted by Gasteiger charge is -2.33. The number of likely N-dealkylation sites (N-methyl/N-ethyl adjacent to an activating group) is 1. The van der Waals surface area contributed by atoms with Gasteiger partial charge < -0.3 is 9.84 Å². The second kappa shape index (κ2) is 1.79. The van der Waals surface area contributed by atoms with Crippen LogP contribution in [-0.4, -0.2) is 47.4 Å². The van der Waals surface area contributed by atoms with Crippen LogP contribution >= 0.6 is 0 Å². The number of nitrogens with zero attached hydrogens (tertiary/aromatic N) is 1. The Bertz CT molecular complexity index is 175. The van der Waals surface area contributed by atoms with Gasteiger partial charge in [0, 0.05) is 12.1 Å². The number of rotatable bonds is 0. The van der Waals surface area contributed by atoms with Gasteiger partial charge in [0.15, 0.2) is 0 Å². The zero-order valence-corrected chi connectivity index (χ0v) is 6.60. The predicted octanol–water partition coefficient (Wildman–Crippen LogP) is -0.409. The standard InChI is InChI=1S/C8H13NO2/c1-9-5-2-4-3-6(9)8(11-4)7(5)10/h4-8,10H,2-3H2,1H3/t4?,5-,6-,7+,8+/m0/s1. The van der Waals surface area contributed by atoms with Gasteiger partial charge in [-0.25, -0.2) is 0 Å². The molecule has 0 aromatic heterocycles. The summed E-state index contributed by atoms with van der Waals surface area (Å²) in [5, 5.41) is 9.71. The van der Waals surface area contributed by atoms with Gasteiger partial charge in [-0.05, 0) is 19.9 Å². The minimum atomic E-state index is -0.219. The van der Waals surface area contributed by atoms with E-state index >= 15 is 0 Å². The molecule has 4 aliphatic rings. The van der Waals surface area contributed by atoms with Crippen LogP contribution in [0, 0.1) is 0 Å². The quantitative estimate of drug-likeness (QED) is 0.516. The van der Waals surface area contributed by atoms with Crippen molar-refractivity contribution < 1.29 is 9.84 Å². The Hall–Kier alpha value is -0.120. The third-order valence-electron chi connectivity index (χ3n) is 3.51. The van der Waals surface area contributed by atoms with Crippen LogP contribution in [0.15, 0.2) is 0 Å². The van der Waals surface area contributed by atoms with Gasteiger partial charge in [-0.3, -0.25) is 4.90 Å². The molecule has 0 aliphatic carbocycles. The van der Waals surface area contributed by atoms with Gasteiger partial charge in [-0.15, -0.1) is 0 Å². The summed E-state index contributed by atoms with van der Waals surface area (Å²) in [5.74, 6) is 0. The molecule has 1 N–H and O–H groups in total. The van der Waals surface area contributed by atoms with Gasteiger partial charge in [-0.2, -0.15) is 0 Å². The van der Waals surface area contributed by atoms with Crippen LogP contribution in [0.2, 0.25) is 0 Å². The Morgan fingerprint density at radius 1 is 1.36 bits per heavy atom. The molecule has 5 atom stereocenters. The molecule has 62 valence electrons. The molecule has 4 aliphatic heterocycles. The van der Waals surface area contributed by atoms with Gasteiger partial charge in [0.05, 0.1) is 12.2 Å². The van der Waals surface area contributed by atoms with Crippen molar-refractivity contribution in [2.24, 2.45) is 0 Å². The molecule has 4 saturated heterocycles. The molecule has 3 nitrogen and oxygen atoms in total. The Morgan fingerprint density at radius 2 is 2.09 bits per heavy atom. The minimum absolute atomic E-state index is 0.128. The van der Waals surface area contributed by atoms with E-state index in [1.54, 1.807) is 0 Å². The number of aliphatic hydroxyl groups is 1. The smallest absolute Gasteiger partial charge is 0.101 e. The third kappa shape index (κ3) is 0.604. The van der Waals surface area contributed by atoms with Crippen molar-refractivity contribution in [1.29, 1.82) is 0 Å². The zero-order chi connectivity index (χ0) is 7.59. The van der Waals surface area contributed by atoms with Crippen molar-refractivity contribution in [2.75, 3.05) is 7.05 Å². The minimum Gasteiger partial charge on any atom is -0.389 e. The highest BCUT2D eigenvalue weighted by molar-refractivity contribution is 5.10. The first-order chi connectivity index (χ1) is 5.27. The lowest BCUT2D eigenvalue weighted by Crippen LogP contribution is -2.44. The fourth-order valence-corrected chi connectivity index (χ4v) is 2.91. The molecule has 0 aromatic carbocycles. The molecule has 0 saturated carbocycles. The predicted molar refractivity (Wildman–Crippen MR) is 39.2 cm³/mol. The second-order valence-corrected chi connectivity index (χ2v) is 3.98. The van der Waals surface area contributed by atoms with Crippen molar-refractivity contribution in [1.82, 2.24) is 4.90 Å². The van der Waals surface area contributed by atoms with E-state index in [4.69, 9.17) is 4.74 Å². The summed E-state index contributed by atoms with van der Waals surface area (Å²) in [4.78, 5) is 2.29. The van der Waals surface area contributed by atoms with E-state index in [-0.39, 0.29) is 12.2 Å². The van der Waals surface area contributed by atoms with Crippen LogP contribution in [0.1, 0.15) is 12.8 Å². The van der Waals surface area contributed by atoms with E-state index < -0.39 is 0 Å². The largest absolute Gasteiger partial charge is 0.389 e. The number of piperidine rings is 1. The molecule has 11 heavy (non-hydrogen) atoms. The molecular formula is C8H13NO2. The third-order valence-corrected chi connectivity index (χ3v) is 3.51. The average Bonchev–Trinajstić information content (AvgIpc) is 2.39. The zero-order valence-electron chi connectivity index (χ0n) is 6.60. The number of ether oxygens (including phenoxy) is 1. The van der Waals surface area contributed by atoms with Crippen LogP contribution in [0.4, 0.5) is 0 Å². The first-order valence-corrected chi connectivity index (χ1v) is 4.33. The Morgan fingerprint density at radius 3 is 2.73 bits per heavy atom. The fraction of sp³-hybridized carbons (Fsp3) is 1.00. The summed E-state index contributed by atoms with van der Waals surface area (Å²) in [6, 6.07) is 0.895. The van der Waals surface area contributed by atoms with Gasteiger partial charge in [0.2, 0.25) is 0 Å². The topological polar surface area (TPSA) is 32.7 Å². The van der Waals surface area contributed by atoms with E-state index in [2.05, 4.69) is 11.9 Å². The second-order valence-electron chi connectivity index (χ2n) is 3.98. The summed E-state index contributed by atoms with van der Waals surface area (Å²) in [5.41, 5.74) is 0. The Labute approximate surface area is 65.9 Å². The molecular weight excluding hydrogens is 142 g/mol. The summed E-state index contributed by atoms with van der Waals surface area (Å²) < 4.78 is 5.64. The SMILES string of the molecule is CN1[C@H]2CC3C[C@H]1[C@@H](O3)[C@@H]2O. The number of hydrogen-bond donors (Lipinski definition) is 1. The summed E-state index contributed by atoms with van der Waals surface area (Å²) in [7, 11) is 2.10. The Balaban J connectivity index is 2.00. The molecule has 4 fully saturated rings. The van der Waals surface area contributed by atoms with Crippen molar-refractivity contribution in [3.05, 3.63) is 0 Å². The fourth-order valence-electron chi connectivity index (χ4n) is 2.91. The molecule has 0 amide bonds. The molecule has 0 aromatic rings. The molecule has 3 heteroatoms. The summed E-state index contributed by atoms with van der Waals surface area (Å²) in [6.45, 7) is 0. The highest BCUT2D eigenvalue weighted by Crippen LogP contribution is 2.44. The Kier molecular flexibility index (Phi) is 1.04. The van der Waals surface area contributed by atoms with Gasteiger partial charge in [-0.1, -0.05) is 0 Å². The lowest BCUT2D eigenvalue weighted by molar-refractivity contribution is -0.0758. The van der Waals surface area contributed by atoms with E-state index in [1.165, 1.54) is 0 Å². The van der Waals surface area contributed by atoms with Crippen molar-refractivity contribution in [2.45, 2.75) is 43.2 Å². The van der Waals surface area contributed by atoms with E-state index in [1.807, 2.05) is 0 Å². The summed E-state index contributed by atoms with van der Waals surface area (Å²) >= 11 is 0. The molecule has 0 spiro atoms. The lowest BCUT2D eigenvalue weighted by atomic mass is 10.0. The van der Waals surface area contributed by atoms with Crippen molar-refractivity contribution in [3.63, 3.8) is 0 Å². The van der Waals surface area contributed by atoms with Crippen LogP contribution in [0.5, 0.6) is 0 Å². The highest BCUT2D eigenvalue weighted by Gasteiger charge is 2.57. The molecule has 4 rings (SSSR count). The number of hydrogen-bond acceptors (Lipinski definition) is 3. The molecule has 4 heterocycles. The maximum atomic E-state index is 9.71. The average molecular weight is 155 g/mol. The van der Waals surface area contributed by atoms with Crippen LogP contribution in [-0.2, 0) is 4.74 Å². The monoisotopic (exact) mass is 155 g/mol. The van der Waals surface area contributed by atoms with Gasteiger partial charge in [0.25, 0.3) is 0 Å². The van der Waals surface area contributed by atoms with Crippen LogP contribution in [0.25, 0.3) is 0 Å². The first kappa shape index (κ1) is 6.40.